The molecule has 1 saturated carbocycles. The number of fused-ring (bicyclic) bond motifs is 3. The SMILES string of the molecule is CC(C)c1cc(-c2ccccc2)ncc1[Si](C)(C)C.CCc1ccnc(-c2ccccc2)c1.[Ir].c1ccc(-c2ccc(-c3cc(C4CCCCC4)ccn3)c3oc4ccccc4c23)cc1. The van der Waals surface area contributed by atoms with Gasteiger partial charge in [-0.1, -0.05) is 175 Å². The summed E-state index contributed by atoms with van der Waals surface area (Å²) in [6.07, 6.45) is 13.6. The Bertz CT molecular complexity index is 2920. The number of aryl methyl sites for hydroxylation is 1. The first-order valence-corrected chi connectivity index (χ1v) is 26.7. The summed E-state index contributed by atoms with van der Waals surface area (Å²) in [5, 5.41) is 3.81. The standard InChI is InChI=1S/C29H25NO.C17H23NSi.C13H13N.Ir/c1-3-9-20(10-4-1)22-17-18-30-26(19-22)24-16-15-23(21-11-5-2-6-12-21)28-25-13-7-8-14-27(25)31-29(24)28;1-13(2)15-11-16(14-9-7-6-8-10-14)18-12-17(15)19(3,4)5;1-2-11-8-9-14-13(10-11)12-6-4-3-5-7-12;/h2,5-8,11-20H,1,3-4,9-10H2;6-13H,1-5H3;3-10H,2H2,1H3;. The van der Waals surface area contributed by atoms with E-state index in [1.54, 1.807) is 0 Å². The second kappa shape index (κ2) is 21.9. The normalized spacial score (nSPS) is 12.8. The van der Waals surface area contributed by atoms with E-state index in [0.29, 0.717) is 11.8 Å². The molecule has 10 rings (SSSR count). The van der Waals surface area contributed by atoms with Gasteiger partial charge in [0.25, 0.3) is 0 Å². The van der Waals surface area contributed by atoms with Gasteiger partial charge < -0.3 is 4.42 Å². The minimum absolute atomic E-state index is 0. The second-order valence-corrected chi connectivity index (χ2v) is 23.4. The maximum Gasteiger partial charge on any atom is 0.145 e. The van der Waals surface area contributed by atoms with Crippen molar-refractivity contribution >= 4 is 35.2 Å². The van der Waals surface area contributed by atoms with Crippen LogP contribution >= 0.6 is 0 Å². The van der Waals surface area contributed by atoms with Gasteiger partial charge in [0.05, 0.1) is 25.2 Å². The van der Waals surface area contributed by atoms with Gasteiger partial charge in [0.1, 0.15) is 11.2 Å². The van der Waals surface area contributed by atoms with Gasteiger partial charge in [-0.25, -0.2) is 0 Å². The number of rotatable bonds is 8. The van der Waals surface area contributed by atoms with Crippen LogP contribution in [0.3, 0.4) is 0 Å². The first kappa shape index (κ1) is 47.2. The molecule has 5 aromatic carbocycles. The number of hydrogen-bond donors (Lipinski definition) is 0. The number of hydrogen-bond acceptors (Lipinski definition) is 4. The summed E-state index contributed by atoms with van der Waals surface area (Å²) in [5.41, 5.74) is 15.1. The Kier molecular flexibility index (Phi) is 15.9. The Labute approximate surface area is 401 Å². The zero-order valence-corrected chi connectivity index (χ0v) is 42.1. The number of para-hydroxylation sites is 1. The smallest absolute Gasteiger partial charge is 0.145 e. The first-order chi connectivity index (χ1) is 31.2. The molecule has 0 atom stereocenters. The minimum atomic E-state index is -1.33. The molecule has 65 heavy (non-hydrogen) atoms. The quantitative estimate of drug-likeness (QED) is 0.142. The average Bonchev–Trinajstić information content (AvgIpc) is 3.75. The predicted octanol–water partition coefficient (Wildman–Crippen LogP) is 16.1. The Hall–Kier alpha value is -5.78. The van der Waals surface area contributed by atoms with E-state index >= 15 is 0 Å². The summed E-state index contributed by atoms with van der Waals surface area (Å²) >= 11 is 0. The van der Waals surface area contributed by atoms with Crippen LogP contribution < -0.4 is 5.19 Å². The van der Waals surface area contributed by atoms with Gasteiger partial charge in [0.15, 0.2) is 0 Å². The Morgan fingerprint density at radius 2 is 1.15 bits per heavy atom. The maximum atomic E-state index is 6.45. The maximum absolute atomic E-state index is 6.45. The molecule has 1 aliphatic carbocycles. The van der Waals surface area contributed by atoms with Crippen LogP contribution in [0.25, 0.3) is 66.8 Å². The molecular formula is C59H61IrN3OSi. The molecule has 0 N–H and O–H groups in total. The van der Waals surface area contributed by atoms with E-state index in [4.69, 9.17) is 14.4 Å². The van der Waals surface area contributed by atoms with Crippen LogP contribution in [0.15, 0.2) is 181 Å². The van der Waals surface area contributed by atoms with Crippen molar-refractivity contribution in [2.75, 3.05) is 0 Å². The zero-order valence-electron chi connectivity index (χ0n) is 38.7. The largest absolute Gasteiger partial charge is 0.455 e. The monoisotopic (exact) mass is 1050 g/mol. The molecule has 1 aliphatic rings. The molecule has 9 aromatic rings. The number of benzene rings is 5. The van der Waals surface area contributed by atoms with Crippen LogP contribution in [0, 0.1) is 0 Å². The van der Waals surface area contributed by atoms with Crippen molar-refractivity contribution in [3.8, 4) is 44.9 Å². The molecule has 0 unspecified atom stereocenters. The van der Waals surface area contributed by atoms with Crippen LogP contribution in [0.2, 0.25) is 19.6 Å². The van der Waals surface area contributed by atoms with Gasteiger partial charge in [-0.05, 0) is 107 Å². The zero-order chi connectivity index (χ0) is 44.5. The number of pyridine rings is 3. The summed E-state index contributed by atoms with van der Waals surface area (Å²) in [5.74, 6) is 1.21. The molecule has 1 radical (unpaired) electrons. The molecule has 0 bridgehead atoms. The Morgan fingerprint density at radius 3 is 1.78 bits per heavy atom. The summed E-state index contributed by atoms with van der Waals surface area (Å²) in [4.78, 5) is 13.8. The molecule has 0 spiro atoms. The molecule has 1 fully saturated rings. The topological polar surface area (TPSA) is 51.8 Å². The van der Waals surface area contributed by atoms with Crippen LogP contribution in [0.5, 0.6) is 0 Å². The second-order valence-electron chi connectivity index (χ2n) is 18.3. The van der Waals surface area contributed by atoms with Gasteiger partial charge in [0, 0.05) is 66.2 Å². The molecular weight excluding hydrogens is 987 g/mol. The fourth-order valence-electron chi connectivity index (χ4n) is 8.98. The van der Waals surface area contributed by atoms with Crippen LogP contribution in [-0.2, 0) is 26.5 Å². The third-order valence-electron chi connectivity index (χ3n) is 12.5. The summed E-state index contributed by atoms with van der Waals surface area (Å²) in [6.45, 7) is 13.9. The van der Waals surface area contributed by atoms with Crippen molar-refractivity contribution in [2.45, 2.75) is 90.8 Å². The molecule has 6 heteroatoms. The van der Waals surface area contributed by atoms with Crippen molar-refractivity contribution < 1.29 is 24.5 Å². The van der Waals surface area contributed by atoms with Crippen LogP contribution in [0.4, 0.5) is 0 Å². The third-order valence-corrected chi connectivity index (χ3v) is 14.5. The van der Waals surface area contributed by atoms with Crippen molar-refractivity contribution in [2.24, 2.45) is 0 Å². The predicted molar refractivity (Wildman–Crippen MR) is 274 cm³/mol. The van der Waals surface area contributed by atoms with Gasteiger partial charge in [-0.3, -0.25) is 15.0 Å². The first-order valence-electron chi connectivity index (χ1n) is 23.2. The van der Waals surface area contributed by atoms with Crippen molar-refractivity contribution in [3.63, 3.8) is 0 Å². The molecule has 4 heterocycles. The summed E-state index contributed by atoms with van der Waals surface area (Å²) in [6, 6.07) is 55.0. The molecule has 0 aliphatic heterocycles. The molecule has 4 aromatic heterocycles. The van der Waals surface area contributed by atoms with E-state index in [0.717, 1.165) is 45.6 Å². The van der Waals surface area contributed by atoms with E-state index in [1.807, 2.05) is 42.7 Å². The summed E-state index contributed by atoms with van der Waals surface area (Å²) < 4.78 is 6.45. The minimum Gasteiger partial charge on any atom is -0.455 e. The van der Waals surface area contributed by atoms with E-state index in [1.165, 1.54) is 81.6 Å². The number of nitrogens with zero attached hydrogens (tertiary/aromatic N) is 3. The van der Waals surface area contributed by atoms with Gasteiger partial charge in [0.2, 0.25) is 0 Å². The fourth-order valence-corrected chi connectivity index (χ4v) is 10.7. The van der Waals surface area contributed by atoms with Crippen LogP contribution in [-0.4, -0.2) is 23.0 Å². The van der Waals surface area contributed by atoms with E-state index in [9.17, 15) is 0 Å². The summed E-state index contributed by atoms with van der Waals surface area (Å²) in [7, 11) is -1.33. The fraction of sp³-hybridized carbons (Fsp3) is 0.237. The molecule has 331 valence electrons. The van der Waals surface area contributed by atoms with Gasteiger partial charge in [-0.15, -0.1) is 0 Å². The molecule has 4 nitrogen and oxygen atoms in total. The third kappa shape index (κ3) is 11.4. The average molecular weight is 1050 g/mol. The van der Waals surface area contributed by atoms with Gasteiger partial charge >= 0.3 is 0 Å². The van der Waals surface area contributed by atoms with Crippen molar-refractivity contribution in [1.29, 1.82) is 0 Å². The Balaban J connectivity index is 0.000000159. The Morgan fingerprint density at radius 1 is 0.585 bits per heavy atom. The van der Waals surface area contributed by atoms with E-state index < -0.39 is 8.07 Å². The van der Waals surface area contributed by atoms with Crippen molar-refractivity contribution in [3.05, 3.63) is 193 Å². The van der Waals surface area contributed by atoms with Gasteiger partial charge in [-0.2, -0.15) is 0 Å². The van der Waals surface area contributed by atoms with E-state index in [2.05, 4.69) is 179 Å². The number of furan rings is 1. The number of aromatic nitrogens is 3. The van der Waals surface area contributed by atoms with Crippen LogP contribution in [0.1, 0.15) is 81.4 Å². The van der Waals surface area contributed by atoms with E-state index in [-0.39, 0.29) is 20.1 Å². The molecule has 0 saturated heterocycles. The van der Waals surface area contributed by atoms with Crippen molar-refractivity contribution in [1.82, 2.24) is 15.0 Å². The molecule has 0 amide bonds.